The summed E-state index contributed by atoms with van der Waals surface area (Å²) in [6.45, 7) is 2.15. The number of pyridine rings is 1. The number of hydrogen-bond donors (Lipinski definition) is 0. The van der Waals surface area contributed by atoms with Gasteiger partial charge in [-0.25, -0.2) is 0 Å². The van der Waals surface area contributed by atoms with Gasteiger partial charge in [-0.1, -0.05) is 34.5 Å². The highest BCUT2D eigenvalue weighted by Gasteiger charge is 2.26. The maximum atomic E-state index is 6.37. The molecule has 1 heterocycles. The van der Waals surface area contributed by atoms with Crippen LogP contribution in [-0.4, -0.2) is 4.98 Å². The maximum absolute atomic E-state index is 6.37. The predicted octanol–water partition coefficient (Wildman–Crippen LogP) is 5.09. The van der Waals surface area contributed by atoms with Crippen LogP contribution in [0.4, 0.5) is 0 Å². The van der Waals surface area contributed by atoms with Crippen LogP contribution in [0.3, 0.4) is 0 Å². The summed E-state index contributed by atoms with van der Waals surface area (Å²) in [6, 6.07) is 6.23. The highest BCUT2D eigenvalue weighted by atomic mass is 79.9. The minimum atomic E-state index is 0.644. The third-order valence-electron chi connectivity index (χ3n) is 3.30. The van der Waals surface area contributed by atoms with E-state index in [4.69, 9.17) is 16.6 Å². The van der Waals surface area contributed by atoms with E-state index in [0.717, 1.165) is 26.8 Å². The van der Waals surface area contributed by atoms with E-state index in [2.05, 4.69) is 35.0 Å². The van der Waals surface area contributed by atoms with Crippen LogP contribution < -0.4 is 0 Å². The molecular weight excluding hydrogens is 298 g/mol. The van der Waals surface area contributed by atoms with E-state index >= 15 is 0 Å². The van der Waals surface area contributed by atoms with E-state index in [1.54, 1.807) is 0 Å². The predicted molar refractivity (Wildman–Crippen MR) is 75.8 cm³/mol. The van der Waals surface area contributed by atoms with Gasteiger partial charge in [-0.15, -0.1) is 0 Å². The summed E-state index contributed by atoms with van der Waals surface area (Å²) in [5.74, 6) is 0.644. The Morgan fingerprint density at radius 2 is 2.12 bits per heavy atom. The average Bonchev–Trinajstić information content (AvgIpc) is 3.12. The van der Waals surface area contributed by atoms with Gasteiger partial charge in [-0.3, -0.25) is 4.98 Å². The minimum absolute atomic E-state index is 0.644. The van der Waals surface area contributed by atoms with Gasteiger partial charge in [0.25, 0.3) is 0 Å². The van der Waals surface area contributed by atoms with E-state index in [1.807, 2.05) is 6.07 Å². The van der Waals surface area contributed by atoms with Crippen LogP contribution in [0.25, 0.3) is 10.9 Å². The number of hydrogen-bond acceptors (Lipinski definition) is 1. The molecule has 0 aliphatic heterocycles. The molecular formula is C14H13BrClN. The molecule has 1 aromatic carbocycles. The Morgan fingerprint density at radius 3 is 2.76 bits per heavy atom. The molecule has 1 aromatic heterocycles. The van der Waals surface area contributed by atoms with Gasteiger partial charge >= 0.3 is 0 Å². The maximum Gasteiger partial charge on any atom is 0.0753 e. The fourth-order valence-corrected chi connectivity index (χ4v) is 2.96. The highest BCUT2D eigenvalue weighted by molar-refractivity contribution is 9.10. The van der Waals surface area contributed by atoms with Gasteiger partial charge in [0.15, 0.2) is 0 Å². The minimum Gasteiger partial charge on any atom is -0.252 e. The Balaban J connectivity index is 2.31. The van der Waals surface area contributed by atoms with Crippen molar-refractivity contribution in [3.63, 3.8) is 0 Å². The summed E-state index contributed by atoms with van der Waals surface area (Å²) in [5, 5.41) is 1.88. The van der Waals surface area contributed by atoms with Crippen LogP contribution in [0.5, 0.6) is 0 Å². The molecule has 3 rings (SSSR count). The van der Waals surface area contributed by atoms with Crippen molar-refractivity contribution >= 4 is 38.4 Å². The Kier molecular flexibility index (Phi) is 2.87. The zero-order valence-corrected chi connectivity index (χ0v) is 12.0. The first kappa shape index (κ1) is 11.5. The summed E-state index contributed by atoms with van der Waals surface area (Å²) in [5.41, 5.74) is 3.50. The Bertz CT molecular complexity index is 590. The molecule has 0 atom stereocenters. The lowest BCUT2D eigenvalue weighted by Gasteiger charge is -2.09. The lowest BCUT2D eigenvalue weighted by atomic mass is 10.1. The van der Waals surface area contributed by atoms with Crippen molar-refractivity contribution in [2.24, 2.45) is 0 Å². The average molecular weight is 311 g/mol. The first-order valence-electron chi connectivity index (χ1n) is 5.97. The number of fused-ring (bicyclic) bond motifs is 1. The first-order valence-corrected chi connectivity index (χ1v) is 7.14. The second kappa shape index (κ2) is 4.25. The largest absolute Gasteiger partial charge is 0.252 e. The fourth-order valence-electron chi connectivity index (χ4n) is 2.20. The molecule has 0 unspecified atom stereocenters. The molecule has 3 heteroatoms. The van der Waals surface area contributed by atoms with Crippen molar-refractivity contribution in [1.29, 1.82) is 0 Å². The second-order valence-electron chi connectivity index (χ2n) is 4.62. The molecule has 0 amide bonds. The zero-order chi connectivity index (χ0) is 12.0. The van der Waals surface area contributed by atoms with E-state index in [1.165, 1.54) is 24.1 Å². The van der Waals surface area contributed by atoms with Crippen molar-refractivity contribution in [3.05, 3.63) is 39.0 Å². The monoisotopic (exact) mass is 309 g/mol. The molecule has 1 aliphatic rings. The molecule has 88 valence electrons. The Hall–Kier alpha value is -0.600. The number of halogens is 2. The standard InChI is InChI=1S/C14H13BrClN/c1-2-8-5-10(15)6-11-12(16)7-13(9-3-4-9)17-14(8)11/h5-7,9H,2-4H2,1H3. The van der Waals surface area contributed by atoms with Crippen LogP contribution in [0.15, 0.2) is 22.7 Å². The second-order valence-corrected chi connectivity index (χ2v) is 5.94. The van der Waals surface area contributed by atoms with Crippen molar-refractivity contribution < 1.29 is 0 Å². The lowest BCUT2D eigenvalue weighted by molar-refractivity contribution is 1.03. The van der Waals surface area contributed by atoms with E-state index < -0.39 is 0 Å². The van der Waals surface area contributed by atoms with Crippen molar-refractivity contribution in [2.75, 3.05) is 0 Å². The van der Waals surface area contributed by atoms with Crippen LogP contribution in [0, 0.1) is 0 Å². The number of rotatable bonds is 2. The van der Waals surface area contributed by atoms with Crippen LogP contribution in [0.2, 0.25) is 5.02 Å². The van der Waals surface area contributed by atoms with E-state index in [-0.39, 0.29) is 0 Å². The molecule has 0 spiro atoms. The van der Waals surface area contributed by atoms with Gasteiger partial charge in [0.2, 0.25) is 0 Å². The van der Waals surface area contributed by atoms with Crippen LogP contribution in [0.1, 0.15) is 36.9 Å². The third-order valence-corrected chi connectivity index (χ3v) is 4.07. The molecule has 0 radical (unpaired) electrons. The lowest BCUT2D eigenvalue weighted by Crippen LogP contribution is -1.93. The topological polar surface area (TPSA) is 12.9 Å². The van der Waals surface area contributed by atoms with Gasteiger partial charge in [-0.05, 0) is 43.0 Å². The summed E-state index contributed by atoms with van der Waals surface area (Å²) < 4.78 is 1.07. The van der Waals surface area contributed by atoms with Gasteiger partial charge in [-0.2, -0.15) is 0 Å². The Morgan fingerprint density at radius 1 is 1.35 bits per heavy atom. The summed E-state index contributed by atoms with van der Waals surface area (Å²) in [7, 11) is 0. The zero-order valence-electron chi connectivity index (χ0n) is 9.63. The van der Waals surface area contributed by atoms with Gasteiger partial charge in [0, 0.05) is 21.5 Å². The quantitative estimate of drug-likeness (QED) is 0.753. The summed E-state index contributed by atoms with van der Waals surface area (Å²) >= 11 is 9.91. The third kappa shape index (κ3) is 2.09. The first-order chi connectivity index (χ1) is 8.19. The van der Waals surface area contributed by atoms with Gasteiger partial charge in [0.05, 0.1) is 10.5 Å². The number of aryl methyl sites for hydroxylation is 1. The number of benzene rings is 1. The Labute approximate surface area is 114 Å². The van der Waals surface area contributed by atoms with Gasteiger partial charge in [0.1, 0.15) is 0 Å². The molecule has 2 aromatic rings. The summed E-state index contributed by atoms with van der Waals surface area (Å²) in [4.78, 5) is 4.80. The van der Waals surface area contributed by atoms with Gasteiger partial charge < -0.3 is 0 Å². The number of aromatic nitrogens is 1. The SMILES string of the molecule is CCc1cc(Br)cc2c(Cl)cc(C3CC3)nc12. The smallest absolute Gasteiger partial charge is 0.0753 e. The van der Waals surface area contributed by atoms with Crippen LogP contribution >= 0.6 is 27.5 Å². The highest BCUT2D eigenvalue weighted by Crippen LogP contribution is 2.41. The molecule has 1 nitrogen and oxygen atoms in total. The van der Waals surface area contributed by atoms with Crippen molar-refractivity contribution in [1.82, 2.24) is 4.98 Å². The molecule has 0 saturated heterocycles. The molecule has 17 heavy (non-hydrogen) atoms. The van der Waals surface area contributed by atoms with Crippen molar-refractivity contribution in [3.8, 4) is 0 Å². The molecule has 1 aliphatic carbocycles. The molecule has 0 N–H and O–H groups in total. The normalized spacial score (nSPS) is 15.5. The summed E-state index contributed by atoms with van der Waals surface area (Å²) in [6.07, 6.45) is 3.49. The molecule has 0 bridgehead atoms. The van der Waals surface area contributed by atoms with Crippen LogP contribution in [-0.2, 0) is 6.42 Å². The molecule has 1 saturated carbocycles. The number of nitrogens with zero attached hydrogens (tertiary/aromatic N) is 1. The van der Waals surface area contributed by atoms with E-state index in [0.29, 0.717) is 5.92 Å². The molecule has 1 fully saturated rings. The fraction of sp³-hybridized carbons (Fsp3) is 0.357. The van der Waals surface area contributed by atoms with E-state index in [9.17, 15) is 0 Å². The van der Waals surface area contributed by atoms with Crippen molar-refractivity contribution in [2.45, 2.75) is 32.1 Å².